The Labute approximate surface area is 114 Å². The van der Waals surface area contributed by atoms with Crippen molar-refractivity contribution < 1.29 is 0 Å². The van der Waals surface area contributed by atoms with Crippen molar-refractivity contribution in [3.8, 4) is 0 Å². The van der Waals surface area contributed by atoms with Crippen molar-refractivity contribution in [2.45, 2.75) is 52.9 Å². The molecular weight excluding hydrogens is 218 g/mol. The second-order valence-corrected chi connectivity index (χ2v) is 6.34. The van der Waals surface area contributed by atoms with Crippen LogP contribution in [0, 0.1) is 11.8 Å². The lowest BCUT2D eigenvalue weighted by Crippen LogP contribution is -2.22. The summed E-state index contributed by atoms with van der Waals surface area (Å²) in [6, 6.07) is 0. The van der Waals surface area contributed by atoms with Gasteiger partial charge >= 0.3 is 0 Å². The average Bonchev–Trinajstić information content (AvgIpc) is 2.71. The highest BCUT2D eigenvalue weighted by atomic mass is 15.1. The molecule has 0 radical (unpaired) electrons. The van der Waals surface area contributed by atoms with E-state index in [2.05, 4.69) is 50.9 Å². The highest BCUT2D eigenvalue weighted by Crippen LogP contribution is 2.32. The van der Waals surface area contributed by atoms with Crippen LogP contribution in [0.3, 0.4) is 0 Å². The molecule has 1 aliphatic carbocycles. The summed E-state index contributed by atoms with van der Waals surface area (Å²) in [6.45, 7) is 9.14. The molecule has 0 saturated heterocycles. The predicted octanol–water partition coefficient (Wildman–Crippen LogP) is 4.66. The largest absolute Gasteiger partial charge is 0.306 e. The van der Waals surface area contributed by atoms with Crippen LogP contribution in [0.4, 0.5) is 0 Å². The molecule has 2 unspecified atom stereocenters. The maximum atomic E-state index is 2.48. The molecule has 0 aromatic heterocycles. The van der Waals surface area contributed by atoms with Gasteiger partial charge in [-0.25, -0.2) is 0 Å². The molecule has 0 aromatic carbocycles. The van der Waals surface area contributed by atoms with E-state index < -0.39 is 0 Å². The third-order valence-electron chi connectivity index (χ3n) is 3.97. The molecule has 0 N–H and O–H groups in total. The zero-order chi connectivity index (χ0) is 13.4. The molecule has 1 aliphatic rings. The molecule has 0 aliphatic heterocycles. The van der Waals surface area contributed by atoms with Crippen LogP contribution in [0.2, 0.25) is 0 Å². The zero-order valence-electron chi connectivity index (χ0n) is 12.8. The summed E-state index contributed by atoms with van der Waals surface area (Å²) in [4.78, 5) is 2.48. The molecule has 1 rings (SSSR count). The Balaban J connectivity index is 2.05. The molecule has 104 valence electrons. The first-order valence-electron chi connectivity index (χ1n) is 7.56. The molecule has 1 nitrogen and oxygen atoms in total. The summed E-state index contributed by atoms with van der Waals surface area (Å²) in [5, 5.41) is 0. The molecule has 0 heterocycles. The first-order valence-corrected chi connectivity index (χ1v) is 7.56. The van der Waals surface area contributed by atoms with Gasteiger partial charge in [0.25, 0.3) is 0 Å². The van der Waals surface area contributed by atoms with Gasteiger partial charge in [-0.2, -0.15) is 0 Å². The van der Waals surface area contributed by atoms with Gasteiger partial charge in [-0.3, -0.25) is 0 Å². The van der Waals surface area contributed by atoms with Gasteiger partial charge in [-0.15, -0.1) is 0 Å². The minimum absolute atomic E-state index is 0.979. The van der Waals surface area contributed by atoms with E-state index in [4.69, 9.17) is 0 Å². The van der Waals surface area contributed by atoms with Crippen LogP contribution < -0.4 is 0 Å². The second-order valence-electron chi connectivity index (χ2n) is 6.34. The van der Waals surface area contributed by atoms with Crippen molar-refractivity contribution in [2.75, 3.05) is 20.1 Å². The van der Waals surface area contributed by atoms with E-state index in [9.17, 15) is 0 Å². The van der Waals surface area contributed by atoms with Crippen LogP contribution in [0.15, 0.2) is 23.8 Å². The van der Waals surface area contributed by atoms with E-state index in [-0.39, 0.29) is 0 Å². The number of hydrogen-bond acceptors (Lipinski definition) is 1. The van der Waals surface area contributed by atoms with Crippen LogP contribution in [0.5, 0.6) is 0 Å². The first-order chi connectivity index (χ1) is 8.58. The van der Waals surface area contributed by atoms with E-state index >= 15 is 0 Å². The van der Waals surface area contributed by atoms with Crippen molar-refractivity contribution in [1.82, 2.24) is 4.90 Å². The molecule has 0 amide bonds. The highest BCUT2D eigenvalue weighted by molar-refractivity contribution is 5.08. The smallest absolute Gasteiger partial charge is 0.00130 e. The molecule has 1 fully saturated rings. The molecule has 2 atom stereocenters. The summed E-state index contributed by atoms with van der Waals surface area (Å²) in [6.07, 6.45) is 13.6. The maximum Gasteiger partial charge on any atom is 0.00130 e. The van der Waals surface area contributed by atoms with Gasteiger partial charge in [0.15, 0.2) is 0 Å². The summed E-state index contributed by atoms with van der Waals surface area (Å²) in [5.74, 6) is 1.98. The van der Waals surface area contributed by atoms with Crippen LogP contribution in [-0.4, -0.2) is 25.0 Å². The van der Waals surface area contributed by atoms with E-state index in [0.29, 0.717) is 0 Å². The van der Waals surface area contributed by atoms with E-state index in [1.807, 2.05) is 0 Å². The number of nitrogens with zero attached hydrogens (tertiary/aromatic N) is 1. The summed E-state index contributed by atoms with van der Waals surface area (Å²) >= 11 is 0. The Morgan fingerprint density at radius 1 is 1.22 bits per heavy atom. The lowest BCUT2D eigenvalue weighted by atomic mass is 10.0. The van der Waals surface area contributed by atoms with Crippen LogP contribution in [-0.2, 0) is 0 Å². The average molecular weight is 249 g/mol. The van der Waals surface area contributed by atoms with E-state index in [1.165, 1.54) is 50.8 Å². The number of hydrogen-bond donors (Lipinski definition) is 0. The van der Waals surface area contributed by atoms with Gasteiger partial charge in [0.2, 0.25) is 0 Å². The normalized spacial score (nSPS) is 24.1. The van der Waals surface area contributed by atoms with Crippen LogP contribution >= 0.6 is 0 Å². The van der Waals surface area contributed by atoms with Crippen molar-refractivity contribution in [3.05, 3.63) is 23.8 Å². The predicted molar refractivity (Wildman–Crippen MR) is 81.8 cm³/mol. The SMILES string of the molecule is CC(C)=C/C=C\CCN(C)CCC1CCC(C)C1. The quantitative estimate of drug-likeness (QED) is 0.593. The second kappa shape index (κ2) is 8.53. The fourth-order valence-electron chi connectivity index (χ4n) is 2.75. The standard InChI is InChI=1S/C17H31N/c1-15(2)8-6-5-7-12-18(4)13-11-17-10-9-16(3)14-17/h5-6,8,16-17H,7,9-14H2,1-4H3/b6-5-. The Kier molecular flexibility index (Phi) is 7.34. The van der Waals surface area contributed by atoms with Crippen molar-refractivity contribution in [2.24, 2.45) is 11.8 Å². The highest BCUT2D eigenvalue weighted by Gasteiger charge is 2.20. The van der Waals surface area contributed by atoms with E-state index in [1.54, 1.807) is 0 Å². The van der Waals surface area contributed by atoms with Gasteiger partial charge < -0.3 is 4.90 Å². The lowest BCUT2D eigenvalue weighted by molar-refractivity contribution is 0.303. The van der Waals surface area contributed by atoms with Crippen molar-refractivity contribution in [3.63, 3.8) is 0 Å². The Bertz CT molecular complexity index is 273. The molecular formula is C17H31N. The summed E-state index contributed by atoms with van der Waals surface area (Å²) < 4.78 is 0. The van der Waals surface area contributed by atoms with Gasteiger partial charge in [0.05, 0.1) is 0 Å². The summed E-state index contributed by atoms with van der Waals surface area (Å²) in [7, 11) is 2.26. The fraction of sp³-hybridized carbons (Fsp3) is 0.765. The monoisotopic (exact) mass is 249 g/mol. The third-order valence-corrected chi connectivity index (χ3v) is 3.97. The van der Waals surface area contributed by atoms with Crippen LogP contribution in [0.25, 0.3) is 0 Å². The minimum Gasteiger partial charge on any atom is -0.306 e. The topological polar surface area (TPSA) is 3.24 Å². The number of rotatable bonds is 7. The van der Waals surface area contributed by atoms with Gasteiger partial charge in [-0.1, -0.05) is 43.6 Å². The maximum absolute atomic E-state index is 2.48. The zero-order valence-corrected chi connectivity index (χ0v) is 12.8. The molecule has 0 bridgehead atoms. The van der Waals surface area contributed by atoms with Gasteiger partial charge in [0.1, 0.15) is 0 Å². The molecule has 18 heavy (non-hydrogen) atoms. The van der Waals surface area contributed by atoms with Crippen LogP contribution in [0.1, 0.15) is 52.9 Å². The fourth-order valence-corrected chi connectivity index (χ4v) is 2.75. The minimum atomic E-state index is 0.979. The molecule has 0 aromatic rings. The van der Waals surface area contributed by atoms with Crippen molar-refractivity contribution in [1.29, 1.82) is 0 Å². The van der Waals surface area contributed by atoms with Gasteiger partial charge in [0, 0.05) is 6.54 Å². The molecule has 1 heteroatoms. The number of allylic oxidation sites excluding steroid dienone is 3. The third kappa shape index (κ3) is 7.00. The summed E-state index contributed by atoms with van der Waals surface area (Å²) in [5.41, 5.74) is 1.37. The Morgan fingerprint density at radius 2 is 2.00 bits per heavy atom. The molecule has 1 saturated carbocycles. The Morgan fingerprint density at radius 3 is 2.61 bits per heavy atom. The first kappa shape index (κ1) is 15.5. The van der Waals surface area contributed by atoms with E-state index in [0.717, 1.165) is 11.8 Å². The molecule has 0 spiro atoms. The van der Waals surface area contributed by atoms with Gasteiger partial charge in [-0.05, 0) is 58.5 Å². The lowest BCUT2D eigenvalue weighted by Gasteiger charge is -2.18. The van der Waals surface area contributed by atoms with Crippen molar-refractivity contribution >= 4 is 0 Å². The Hall–Kier alpha value is -0.560.